The fraction of sp³-hybridized carbons (Fsp3) is 0.120. The standard InChI is InChI=1S/C25H20Cl2N2O2/c1-16-21(20-4-2-3-5-24(20)29(16)12-13-30)14-17-6-9-19(10-7-17)28-25(31)18-8-11-22(26)23(27)15-18/h2-11,13,15H,12,14H2,1H3,(H,28,31). The summed E-state index contributed by atoms with van der Waals surface area (Å²) in [7, 11) is 0. The quantitative estimate of drug-likeness (QED) is 0.350. The molecule has 0 spiro atoms. The molecular formula is C25H20Cl2N2O2. The van der Waals surface area contributed by atoms with Crippen molar-refractivity contribution in [3.05, 3.63) is 99.2 Å². The monoisotopic (exact) mass is 450 g/mol. The molecule has 0 aliphatic heterocycles. The number of para-hydroxylation sites is 1. The summed E-state index contributed by atoms with van der Waals surface area (Å²) >= 11 is 11.9. The summed E-state index contributed by atoms with van der Waals surface area (Å²) in [5, 5.41) is 4.78. The van der Waals surface area contributed by atoms with Gasteiger partial charge in [-0.15, -0.1) is 0 Å². The summed E-state index contributed by atoms with van der Waals surface area (Å²) in [4.78, 5) is 23.6. The number of rotatable bonds is 6. The predicted octanol–water partition coefficient (Wildman–Crippen LogP) is 6.30. The average molecular weight is 451 g/mol. The van der Waals surface area contributed by atoms with E-state index < -0.39 is 0 Å². The number of carbonyl (C=O) groups excluding carboxylic acids is 2. The van der Waals surface area contributed by atoms with Gasteiger partial charge in [0, 0.05) is 27.8 Å². The number of anilines is 1. The molecule has 6 heteroatoms. The number of fused-ring (bicyclic) bond motifs is 1. The second kappa shape index (κ2) is 8.96. The van der Waals surface area contributed by atoms with Gasteiger partial charge in [0.1, 0.15) is 6.29 Å². The molecule has 0 aliphatic rings. The Morgan fingerprint density at radius 3 is 2.45 bits per heavy atom. The van der Waals surface area contributed by atoms with Crippen LogP contribution in [0.2, 0.25) is 10.0 Å². The van der Waals surface area contributed by atoms with E-state index >= 15 is 0 Å². The smallest absolute Gasteiger partial charge is 0.255 e. The van der Waals surface area contributed by atoms with Crippen LogP contribution in [-0.4, -0.2) is 16.8 Å². The van der Waals surface area contributed by atoms with E-state index in [-0.39, 0.29) is 5.91 Å². The lowest BCUT2D eigenvalue weighted by atomic mass is 10.0. The van der Waals surface area contributed by atoms with E-state index in [1.807, 2.05) is 54.0 Å². The van der Waals surface area contributed by atoms with E-state index in [0.717, 1.165) is 34.9 Å². The zero-order valence-electron chi connectivity index (χ0n) is 16.9. The molecule has 0 unspecified atom stereocenters. The van der Waals surface area contributed by atoms with E-state index in [0.29, 0.717) is 27.8 Å². The highest BCUT2D eigenvalue weighted by molar-refractivity contribution is 6.42. The van der Waals surface area contributed by atoms with Crippen molar-refractivity contribution in [3.8, 4) is 0 Å². The van der Waals surface area contributed by atoms with Gasteiger partial charge in [0.05, 0.1) is 16.6 Å². The molecule has 1 amide bonds. The summed E-state index contributed by atoms with van der Waals surface area (Å²) in [5.41, 5.74) is 5.60. The van der Waals surface area contributed by atoms with Gasteiger partial charge < -0.3 is 14.7 Å². The first-order chi connectivity index (χ1) is 15.0. The number of halogens is 2. The molecule has 0 bridgehead atoms. The zero-order chi connectivity index (χ0) is 22.0. The Bertz CT molecular complexity index is 1280. The molecule has 0 fully saturated rings. The number of hydrogen-bond acceptors (Lipinski definition) is 2. The fourth-order valence-corrected chi connectivity index (χ4v) is 4.08. The highest BCUT2D eigenvalue weighted by Gasteiger charge is 2.14. The van der Waals surface area contributed by atoms with Gasteiger partial charge in [-0.25, -0.2) is 0 Å². The number of aromatic nitrogens is 1. The van der Waals surface area contributed by atoms with Crippen LogP contribution in [0.3, 0.4) is 0 Å². The van der Waals surface area contributed by atoms with Crippen LogP contribution >= 0.6 is 23.2 Å². The highest BCUT2D eigenvalue weighted by atomic mass is 35.5. The van der Waals surface area contributed by atoms with E-state index in [4.69, 9.17) is 23.2 Å². The number of amides is 1. The minimum absolute atomic E-state index is 0.251. The first-order valence-corrected chi connectivity index (χ1v) is 10.6. The van der Waals surface area contributed by atoms with Gasteiger partial charge in [0.15, 0.2) is 0 Å². The van der Waals surface area contributed by atoms with E-state index in [1.165, 1.54) is 5.56 Å². The van der Waals surface area contributed by atoms with Gasteiger partial charge >= 0.3 is 0 Å². The van der Waals surface area contributed by atoms with Gasteiger partial charge in [-0.2, -0.15) is 0 Å². The van der Waals surface area contributed by atoms with Crippen molar-refractivity contribution in [3.63, 3.8) is 0 Å². The van der Waals surface area contributed by atoms with Crippen molar-refractivity contribution >= 4 is 52.0 Å². The van der Waals surface area contributed by atoms with Gasteiger partial charge in [0.2, 0.25) is 0 Å². The molecule has 0 radical (unpaired) electrons. The van der Waals surface area contributed by atoms with Crippen LogP contribution in [0.15, 0.2) is 66.7 Å². The highest BCUT2D eigenvalue weighted by Crippen LogP contribution is 2.28. The van der Waals surface area contributed by atoms with Crippen molar-refractivity contribution in [1.82, 2.24) is 4.57 Å². The first kappa shape index (κ1) is 21.2. The third-order valence-corrected chi connectivity index (χ3v) is 6.13. The molecule has 3 aromatic carbocycles. The van der Waals surface area contributed by atoms with E-state index in [9.17, 15) is 9.59 Å². The Kier molecular flexibility index (Phi) is 6.12. The maximum Gasteiger partial charge on any atom is 0.255 e. The number of hydrogen-bond donors (Lipinski definition) is 1. The van der Waals surface area contributed by atoms with Crippen molar-refractivity contribution in [2.75, 3.05) is 5.32 Å². The molecule has 1 heterocycles. The molecule has 0 saturated carbocycles. The van der Waals surface area contributed by atoms with Crippen LogP contribution in [0.1, 0.15) is 27.2 Å². The molecule has 0 atom stereocenters. The van der Waals surface area contributed by atoms with Crippen LogP contribution in [0.4, 0.5) is 5.69 Å². The van der Waals surface area contributed by atoms with Crippen molar-refractivity contribution < 1.29 is 9.59 Å². The topological polar surface area (TPSA) is 51.1 Å². The summed E-state index contributed by atoms with van der Waals surface area (Å²) < 4.78 is 2.05. The van der Waals surface area contributed by atoms with Crippen LogP contribution in [0, 0.1) is 6.92 Å². The predicted molar refractivity (Wildman–Crippen MR) is 126 cm³/mol. The molecule has 156 valence electrons. The molecule has 4 nitrogen and oxygen atoms in total. The average Bonchev–Trinajstić information content (AvgIpc) is 3.03. The lowest BCUT2D eigenvalue weighted by molar-refractivity contribution is -0.108. The Morgan fingerprint density at radius 1 is 1.00 bits per heavy atom. The lowest BCUT2D eigenvalue weighted by Crippen LogP contribution is -2.11. The second-order valence-electron chi connectivity index (χ2n) is 7.32. The summed E-state index contributed by atoms with van der Waals surface area (Å²) in [6.07, 6.45) is 1.66. The molecule has 0 saturated heterocycles. The number of nitrogens with zero attached hydrogens (tertiary/aromatic N) is 1. The van der Waals surface area contributed by atoms with Crippen molar-refractivity contribution in [2.45, 2.75) is 19.9 Å². The largest absolute Gasteiger partial charge is 0.337 e. The molecule has 1 N–H and O–H groups in total. The zero-order valence-corrected chi connectivity index (χ0v) is 18.4. The van der Waals surface area contributed by atoms with Crippen LogP contribution in [0.25, 0.3) is 10.9 Å². The third-order valence-electron chi connectivity index (χ3n) is 5.39. The van der Waals surface area contributed by atoms with Gasteiger partial charge in [0.25, 0.3) is 5.91 Å². The molecule has 31 heavy (non-hydrogen) atoms. The number of carbonyl (C=O) groups is 2. The maximum absolute atomic E-state index is 12.5. The van der Waals surface area contributed by atoms with E-state index in [1.54, 1.807) is 18.2 Å². The SMILES string of the molecule is Cc1c(Cc2ccc(NC(=O)c3ccc(Cl)c(Cl)c3)cc2)c2ccccc2n1CC=O. The van der Waals surface area contributed by atoms with Crippen LogP contribution in [-0.2, 0) is 17.8 Å². The van der Waals surface area contributed by atoms with Crippen LogP contribution < -0.4 is 5.32 Å². The summed E-state index contributed by atoms with van der Waals surface area (Å²) in [5.74, 6) is -0.251. The van der Waals surface area contributed by atoms with Crippen LogP contribution in [0.5, 0.6) is 0 Å². The number of nitrogens with one attached hydrogen (secondary N) is 1. The van der Waals surface area contributed by atoms with Crippen molar-refractivity contribution in [1.29, 1.82) is 0 Å². The maximum atomic E-state index is 12.5. The summed E-state index contributed by atoms with van der Waals surface area (Å²) in [6.45, 7) is 2.39. The third kappa shape index (κ3) is 4.36. The minimum atomic E-state index is -0.251. The van der Waals surface area contributed by atoms with Gasteiger partial charge in [-0.05, 0) is 60.9 Å². The fourth-order valence-electron chi connectivity index (χ4n) is 3.79. The van der Waals surface area contributed by atoms with Gasteiger partial charge in [-0.1, -0.05) is 53.5 Å². The molecule has 4 aromatic rings. The molecule has 4 rings (SSSR count). The molecule has 0 aliphatic carbocycles. The van der Waals surface area contributed by atoms with E-state index in [2.05, 4.69) is 11.4 Å². The first-order valence-electron chi connectivity index (χ1n) is 9.83. The Morgan fingerprint density at radius 2 is 1.74 bits per heavy atom. The minimum Gasteiger partial charge on any atom is -0.337 e. The number of aldehydes is 1. The second-order valence-corrected chi connectivity index (χ2v) is 8.13. The number of benzene rings is 3. The normalized spacial score (nSPS) is 10.9. The molecule has 1 aromatic heterocycles. The lowest BCUT2D eigenvalue weighted by Gasteiger charge is -2.08. The molecular weight excluding hydrogens is 431 g/mol. The van der Waals surface area contributed by atoms with Gasteiger partial charge in [-0.3, -0.25) is 4.79 Å². The Balaban J connectivity index is 1.54. The Labute approximate surface area is 190 Å². The summed E-state index contributed by atoms with van der Waals surface area (Å²) in [6, 6.07) is 20.7. The Hall–Kier alpha value is -3.08. The van der Waals surface area contributed by atoms with Crippen molar-refractivity contribution in [2.24, 2.45) is 0 Å².